The van der Waals surface area contributed by atoms with Crippen LogP contribution in [0.1, 0.15) is 16.5 Å². The van der Waals surface area contributed by atoms with E-state index >= 15 is 0 Å². The quantitative estimate of drug-likeness (QED) is 0.821. The Hall–Kier alpha value is -1.95. The molecule has 4 nitrogen and oxygen atoms in total. The number of thiophene rings is 1. The van der Waals surface area contributed by atoms with Crippen molar-refractivity contribution in [2.75, 3.05) is 32.8 Å². The third-order valence-electron chi connectivity index (χ3n) is 4.05. The molecule has 1 fully saturated rings. The first kappa shape index (κ1) is 16.9. The van der Waals surface area contributed by atoms with Crippen molar-refractivity contribution in [3.8, 4) is 0 Å². The molecule has 1 aliphatic heterocycles. The van der Waals surface area contributed by atoms with Gasteiger partial charge in [-0.15, -0.1) is 11.3 Å². The van der Waals surface area contributed by atoms with Crippen LogP contribution in [0.5, 0.6) is 0 Å². The number of hydrogen-bond donors (Lipinski definition) is 1. The lowest BCUT2D eigenvalue weighted by Crippen LogP contribution is -2.43. The van der Waals surface area contributed by atoms with E-state index in [0.29, 0.717) is 6.54 Å². The Morgan fingerprint density at radius 1 is 1.21 bits per heavy atom. The lowest BCUT2D eigenvalue weighted by Gasteiger charge is -2.34. The van der Waals surface area contributed by atoms with Gasteiger partial charge in [0.15, 0.2) is 0 Å². The van der Waals surface area contributed by atoms with Gasteiger partial charge in [0.05, 0.1) is 19.3 Å². The second kappa shape index (κ2) is 8.78. The molecular weight excluding hydrogens is 320 g/mol. The van der Waals surface area contributed by atoms with Crippen LogP contribution >= 0.6 is 11.3 Å². The molecule has 2 heterocycles. The molecule has 0 radical (unpaired) electrons. The van der Waals surface area contributed by atoms with Crippen LogP contribution in [-0.4, -0.2) is 43.7 Å². The zero-order chi connectivity index (χ0) is 16.6. The van der Waals surface area contributed by atoms with Crippen LogP contribution in [0.2, 0.25) is 0 Å². The number of benzene rings is 1. The van der Waals surface area contributed by atoms with Crippen molar-refractivity contribution in [1.82, 2.24) is 10.2 Å². The zero-order valence-electron chi connectivity index (χ0n) is 13.6. The number of ether oxygens (including phenoxy) is 1. The Morgan fingerprint density at radius 2 is 2.00 bits per heavy atom. The van der Waals surface area contributed by atoms with Gasteiger partial charge in [-0.2, -0.15) is 0 Å². The van der Waals surface area contributed by atoms with E-state index in [4.69, 9.17) is 4.74 Å². The van der Waals surface area contributed by atoms with Crippen molar-refractivity contribution in [2.24, 2.45) is 0 Å². The molecule has 0 saturated carbocycles. The summed E-state index contributed by atoms with van der Waals surface area (Å²) >= 11 is 1.73. The first-order valence-corrected chi connectivity index (χ1v) is 9.07. The van der Waals surface area contributed by atoms with Crippen molar-refractivity contribution < 1.29 is 9.53 Å². The number of carbonyl (C=O) groups excluding carboxylic acids is 1. The Morgan fingerprint density at radius 3 is 2.71 bits per heavy atom. The standard InChI is InChI=1S/C19H22N2O2S/c22-19(9-8-16-5-2-1-3-6-16)20-15-17(18-7-4-14-24-18)21-10-12-23-13-11-21/h1-9,14,17H,10-13,15H2,(H,20,22)/b9-8+. The summed E-state index contributed by atoms with van der Waals surface area (Å²) in [6.45, 7) is 3.92. The number of carbonyl (C=O) groups is 1. The largest absolute Gasteiger partial charge is 0.379 e. The highest BCUT2D eigenvalue weighted by atomic mass is 32.1. The van der Waals surface area contributed by atoms with Crippen LogP contribution < -0.4 is 5.32 Å². The monoisotopic (exact) mass is 342 g/mol. The molecule has 0 bridgehead atoms. The van der Waals surface area contributed by atoms with E-state index in [1.807, 2.05) is 36.4 Å². The van der Waals surface area contributed by atoms with Gasteiger partial charge in [0.25, 0.3) is 0 Å². The molecule has 24 heavy (non-hydrogen) atoms. The number of hydrogen-bond acceptors (Lipinski definition) is 4. The highest BCUT2D eigenvalue weighted by Gasteiger charge is 2.23. The molecule has 1 atom stereocenters. The number of nitrogens with zero attached hydrogens (tertiary/aromatic N) is 1. The number of rotatable bonds is 6. The van der Waals surface area contributed by atoms with Crippen molar-refractivity contribution >= 4 is 23.3 Å². The molecule has 5 heteroatoms. The normalized spacial score (nSPS) is 17.0. The van der Waals surface area contributed by atoms with Gasteiger partial charge >= 0.3 is 0 Å². The minimum Gasteiger partial charge on any atom is -0.379 e. The molecule has 1 aromatic carbocycles. The van der Waals surface area contributed by atoms with E-state index in [-0.39, 0.29) is 11.9 Å². The van der Waals surface area contributed by atoms with Gasteiger partial charge in [-0.3, -0.25) is 9.69 Å². The lowest BCUT2D eigenvalue weighted by atomic mass is 10.2. The highest BCUT2D eigenvalue weighted by Crippen LogP contribution is 2.25. The van der Waals surface area contributed by atoms with Crippen LogP contribution in [0.4, 0.5) is 0 Å². The van der Waals surface area contributed by atoms with Crippen LogP contribution in [0.15, 0.2) is 53.9 Å². The van der Waals surface area contributed by atoms with Crippen molar-refractivity contribution in [3.05, 3.63) is 64.4 Å². The van der Waals surface area contributed by atoms with Crippen LogP contribution in [0.3, 0.4) is 0 Å². The molecule has 3 rings (SSSR count). The molecule has 0 spiro atoms. The van der Waals surface area contributed by atoms with Crippen LogP contribution in [-0.2, 0) is 9.53 Å². The molecule has 1 amide bonds. The van der Waals surface area contributed by atoms with Gasteiger partial charge in [0.2, 0.25) is 5.91 Å². The Balaban J connectivity index is 1.58. The smallest absolute Gasteiger partial charge is 0.244 e. The summed E-state index contributed by atoms with van der Waals surface area (Å²) in [6, 6.07) is 14.2. The SMILES string of the molecule is O=C(/C=C/c1ccccc1)NCC(c1cccs1)N1CCOCC1. The van der Waals surface area contributed by atoms with E-state index in [1.165, 1.54) is 4.88 Å². The third-order valence-corrected chi connectivity index (χ3v) is 5.03. The third kappa shape index (κ3) is 4.77. The topological polar surface area (TPSA) is 41.6 Å². The van der Waals surface area contributed by atoms with Gasteiger partial charge in [-0.1, -0.05) is 36.4 Å². The van der Waals surface area contributed by atoms with E-state index in [1.54, 1.807) is 17.4 Å². The minimum atomic E-state index is -0.0614. The van der Waals surface area contributed by atoms with E-state index in [0.717, 1.165) is 31.9 Å². The Labute approximate surface area is 146 Å². The number of morpholine rings is 1. The molecule has 1 saturated heterocycles. The Bertz CT molecular complexity index is 649. The fourth-order valence-electron chi connectivity index (χ4n) is 2.77. The minimum absolute atomic E-state index is 0.0614. The zero-order valence-corrected chi connectivity index (χ0v) is 14.4. The summed E-state index contributed by atoms with van der Waals surface area (Å²) in [4.78, 5) is 15.8. The molecule has 126 valence electrons. The van der Waals surface area contributed by atoms with Gasteiger partial charge in [-0.05, 0) is 23.1 Å². The molecular formula is C19H22N2O2S. The van der Waals surface area contributed by atoms with E-state index < -0.39 is 0 Å². The summed E-state index contributed by atoms with van der Waals surface area (Å²) < 4.78 is 5.44. The molecule has 1 N–H and O–H groups in total. The molecule has 1 aromatic heterocycles. The summed E-state index contributed by atoms with van der Waals surface area (Å²) in [5.41, 5.74) is 1.02. The maximum atomic E-state index is 12.1. The fourth-order valence-corrected chi connectivity index (χ4v) is 3.63. The maximum Gasteiger partial charge on any atom is 0.244 e. The van der Waals surface area contributed by atoms with Crippen LogP contribution in [0, 0.1) is 0 Å². The van der Waals surface area contributed by atoms with Gasteiger partial charge in [0, 0.05) is 30.6 Å². The predicted octanol–water partition coefficient (Wildman–Crippen LogP) is 2.95. The lowest BCUT2D eigenvalue weighted by molar-refractivity contribution is -0.116. The second-order valence-electron chi connectivity index (χ2n) is 5.67. The second-order valence-corrected chi connectivity index (χ2v) is 6.65. The van der Waals surface area contributed by atoms with Crippen molar-refractivity contribution in [3.63, 3.8) is 0 Å². The maximum absolute atomic E-state index is 12.1. The van der Waals surface area contributed by atoms with Gasteiger partial charge in [0.1, 0.15) is 0 Å². The highest BCUT2D eigenvalue weighted by molar-refractivity contribution is 7.10. The molecule has 0 aliphatic carbocycles. The van der Waals surface area contributed by atoms with Crippen molar-refractivity contribution in [2.45, 2.75) is 6.04 Å². The van der Waals surface area contributed by atoms with Crippen molar-refractivity contribution in [1.29, 1.82) is 0 Å². The first-order valence-electron chi connectivity index (χ1n) is 8.19. The van der Waals surface area contributed by atoms with E-state index in [9.17, 15) is 4.79 Å². The average molecular weight is 342 g/mol. The molecule has 1 aliphatic rings. The first-order chi connectivity index (χ1) is 11.8. The summed E-state index contributed by atoms with van der Waals surface area (Å²) in [5.74, 6) is -0.0614. The molecule has 1 unspecified atom stereocenters. The van der Waals surface area contributed by atoms with Crippen LogP contribution in [0.25, 0.3) is 6.08 Å². The average Bonchev–Trinajstić information content (AvgIpc) is 3.16. The number of nitrogens with one attached hydrogen (secondary N) is 1. The molecule has 2 aromatic rings. The predicted molar refractivity (Wildman–Crippen MR) is 97.9 cm³/mol. The van der Waals surface area contributed by atoms with E-state index in [2.05, 4.69) is 27.7 Å². The van der Waals surface area contributed by atoms with Gasteiger partial charge in [-0.25, -0.2) is 0 Å². The van der Waals surface area contributed by atoms with Gasteiger partial charge < -0.3 is 10.1 Å². The fraction of sp³-hybridized carbons (Fsp3) is 0.316. The Kier molecular flexibility index (Phi) is 6.18. The summed E-state index contributed by atoms with van der Waals surface area (Å²) in [5, 5.41) is 5.12. The number of amides is 1. The summed E-state index contributed by atoms with van der Waals surface area (Å²) in [7, 11) is 0. The summed E-state index contributed by atoms with van der Waals surface area (Å²) in [6.07, 6.45) is 3.43.